The van der Waals surface area contributed by atoms with E-state index in [9.17, 15) is 20.3 Å². The lowest BCUT2D eigenvalue weighted by molar-refractivity contribution is -0.141. The van der Waals surface area contributed by atoms with E-state index in [2.05, 4.69) is 39.4 Å². The molecule has 1 saturated carbocycles. The Morgan fingerprint density at radius 1 is 1.07 bits per heavy atom. The molecular formula is C36H38ClN5O4. The Labute approximate surface area is 273 Å². The van der Waals surface area contributed by atoms with Crippen molar-refractivity contribution in [3.8, 4) is 28.7 Å². The number of nitriles is 1. The van der Waals surface area contributed by atoms with Crippen LogP contribution in [0.3, 0.4) is 0 Å². The van der Waals surface area contributed by atoms with Crippen LogP contribution in [0.4, 0.5) is 5.69 Å². The van der Waals surface area contributed by atoms with Crippen LogP contribution in [0.25, 0.3) is 33.7 Å². The molecule has 0 amide bonds. The van der Waals surface area contributed by atoms with Crippen LogP contribution in [0.15, 0.2) is 52.9 Å². The number of halogens is 1. The van der Waals surface area contributed by atoms with Crippen LogP contribution in [0.1, 0.15) is 48.8 Å². The molecule has 3 aliphatic rings. The zero-order valence-corrected chi connectivity index (χ0v) is 26.6. The lowest BCUT2D eigenvalue weighted by atomic mass is 9.88. The van der Waals surface area contributed by atoms with Gasteiger partial charge in [0.2, 0.25) is 5.89 Å². The molecule has 0 unspecified atom stereocenters. The van der Waals surface area contributed by atoms with E-state index in [0.29, 0.717) is 60.7 Å². The molecule has 3 aromatic carbocycles. The van der Waals surface area contributed by atoms with E-state index in [-0.39, 0.29) is 12.0 Å². The van der Waals surface area contributed by atoms with Gasteiger partial charge in [0, 0.05) is 49.4 Å². The second kappa shape index (κ2) is 12.7. The summed E-state index contributed by atoms with van der Waals surface area (Å²) in [7, 11) is 0. The standard InChI is InChI=1S/C36H38ClN5O4/c1-21-28(30-6-3-7-32(33(30)37)42-12-9-25(10-13-42)39-26-16-27(43)17-26)4-2-5-29(21)35-40-31-15-22(14-24(18-38)34(31)46-35)19-41-11-8-23(20-41)36(44)45/h2-7,14-15,23,25-27,39,43H,8-13,16-17,19-20H2,1H3,(H,44,45)/t23-,26?,27?/m1/s1. The number of nitrogens with one attached hydrogen (secondary N) is 1. The van der Waals surface area contributed by atoms with Crippen molar-refractivity contribution in [2.24, 2.45) is 5.92 Å². The van der Waals surface area contributed by atoms with Crippen molar-refractivity contribution in [1.82, 2.24) is 15.2 Å². The van der Waals surface area contributed by atoms with Gasteiger partial charge in [0.1, 0.15) is 11.6 Å². The van der Waals surface area contributed by atoms with Crippen molar-refractivity contribution in [3.63, 3.8) is 0 Å². The Bertz CT molecular complexity index is 1820. The normalized spacial score (nSPS) is 22.2. The maximum Gasteiger partial charge on any atom is 0.307 e. The predicted octanol–water partition coefficient (Wildman–Crippen LogP) is 5.98. The largest absolute Gasteiger partial charge is 0.481 e. The quantitative estimate of drug-likeness (QED) is 0.213. The number of carboxylic acids is 1. The smallest absolute Gasteiger partial charge is 0.307 e. The Morgan fingerprint density at radius 2 is 1.80 bits per heavy atom. The van der Waals surface area contributed by atoms with Crippen LogP contribution in [-0.4, -0.2) is 70.4 Å². The average Bonchev–Trinajstić information content (AvgIpc) is 3.68. The Morgan fingerprint density at radius 3 is 2.52 bits per heavy atom. The van der Waals surface area contributed by atoms with Crippen LogP contribution in [0, 0.1) is 24.2 Å². The first-order valence-electron chi connectivity index (χ1n) is 16.1. The number of hydrogen-bond donors (Lipinski definition) is 3. The van der Waals surface area contributed by atoms with Crippen LogP contribution in [-0.2, 0) is 11.3 Å². The molecule has 7 rings (SSSR count). The molecule has 2 aliphatic heterocycles. The molecular weight excluding hydrogens is 602 g/mol. The first-order chi connectivity index (χ1) is 22.3. The molecule has 3 heterocycles. The lowest BCUT2D eigenvalue weighted by Gasteiger charge is -2.40. The minimum atomic E-state index is -0.762. The number of carbonyl (C=O) groups is 1. The third-order valence-electron chi connectivity index (χ3n) is 9.95. The fourth-order valence-electron chi connectivity index (χ4n) is 7.29. The minimum Gasteiger partial charge on any atom is -0.481 e. The molecule has 3 N–H and O–H groups in total. The van der Waals surface area contributed by atoms with E-state index in [4.69, 9.17) is 21.0 Å². The van der Waals surface area contributed by atoms with Crippen molar-refractivity contribution in [1.29, 1.82) is 5.26 Å². The number of carboxylic acid groups (broad SMARTS) is 1. The molecule has 238 valence electrons. The third kappa shape index (κ3) is 5.98. The highest BCUT2D eigenvalue weighted by Crippen LogP contribution is 2.41. The first kappa shape index (κ1) is 30.7. The number of aromatic nitrogens is 1. The molecule has 1 aromatic heterocycles. The van der Waals surface area contributed by atoms with Gasteiger partial charge >= 0.3 is 5.97 Å². The Hall–Kier alpha value is -3.94. The average molecular weight is 640 g/mol. The number of rotatable bonds is 8. The van der Waals surface area contributed by atoms with Gasteiger partial charge in [-0.3, -0.25) is 9.69 Å². The number of piperidine rings is 1. The number of anilines is 1. The number of aliphatic hydroxyl groups is 1. The van der Waals surface area contributed by atoms with Crippen molar-refractivity contribution < 1.29 is 19.4 Å². The molecule has 0 spiro atoms. The minimum absolute atomic E-state index is 0.145. The summed E-state index contributed by atoms with van der Waals surface area (Å²) in [5.41, 5.74) is 7.16. The third-order valence-corrected chi connectivity index (χ3v) is 10.3. The fraction of sp³-hybridized carbons (Fsp3) is 0.417. The van der Waals surface area contributed by atoms with E-state index in [1.807, 2.05) is 37.3 Å². The van der Waals surface area contributed by atoms with Crippen LogP contribution < -0.4 is 10.2 Å². The summed E-state index contributed by atoms with van der Waals surface area (Å²) in [6.07, 6.45) is 4.26. The Balaban J connectivity index is 1.12. The highest BCUT2D eigenvalue weighted by atomic mass is 35.5. The molecule has 0 radical (unpaired) electrons. The number of aliphatic hydroxyl groups excluding tert-OH is 1. The molecule has 46 heavy (non-hydrogen) atoms. The number of nitrogens with zero attached hydrogens (tertiary/aromatic N) is 4. The molecule has 0 bridgehead atoms. The summed E-state index contributed by atoms with van der Waals surface area (Å²) in [6, 6.07) is 19.1. The van der Waals surface area contributed by atoms with Gasteiger partial charge in [-0.1, -0.05) is 35.9 Å². The number of oxazole rings is 1. The van der Waals surface area contributed by atoms with Gasteiger partial charge in [-0.05, 0) is 86.5 Å². The zero-order valence-electron chi connectivity index (χ0n) is 25.9. The molecule has 10 heteroatoms. The van der Waals surface area contributed by atoms with Crippen LogP contribution in [0.5, 0.6) is 0 Å². The molecule has 1 aliphatic carbocycles. The van der Waals surface area contributed by atoms with Crippen molar-refractivity contribution >= 4 is 34.4 Å². The van der Waals surface area contributed by atoms with E-state index in [0.717, 1.165) is 77.3 Å². The Kier molecular flexibility index (Phi) is 8.47. The van der Waals surface area contributed by atoms with Crippen molar-refractivity contribution in [2.45, 2.75) is 63.8 Å². The highest BCUT2D eigenvalue weighted by molar-refractivity contribution is 6.36. The van der Waals surface area contributed by atoms with Gasteiger partial charge < -0.3 is 24.8 Å². The lowest BCUT2D eigenvalue weighted by Crippen LogP contribution is -2.52. The monoisotopic (exact) mass is 639 g/mol. The summed E-state index contributed by atoms with van der Waals surface area (Å²) in [5.74, 6) is -0.678. The van der Waals surface area contributed by atoms with Gasteiger partial charge in [0.15, 0.2) is 5.58 Å². The van der Waals surface area contributed by atoms with E-state index < -0.39 is 5.97 Å². The summed E-state index contributed by atoms with van der Waals surface area (Å²) < 4.78 is 6.24. The van der Waals surface area contributed by atoms with Crippen molar-refractivity contribution in [2.75, 3.05) is 31.1 Å². The van der Waals surface area contributed by atoms with Gasteiger partial charge in [-0.2, -0.15) is 5.26 Å². The predicted molar refractivity (Wildman–Crippen MR) is 178 cm³/mol. The number of hydrogen-bond acceptors (Lipinski definition) is 8. The van der Waals surface area contributed by atoms with Crippen LogP contribution >= 0.6 is 11.6 Å². The van der Waals surface area contributed by atoms with E-state index in [1.54, 1.807) is 0 Å². The second-order valence-electron chi connectivity index (χ2n) is 13.0. The summed E-state index contributed by atoms with van der Waals surface area (Å²) in [6.45, 7) is 5.63. The van der Waals surface area contributed by atoms with Gasteiger partial charge in [-0.25, -0.2) is 4.98 Å². The maximum atomic E-state index is 11.4. The topological polar surface area (TPSA) is 126 Å². The van der Waals surface area contributed by atoms with E-state index in [1.165, 1.54) is 0 Å². The van der Waals surface area contributed by atoms with Gasteiger partial charge in [0.25, 0.3) is 0 Å². The first-order valence-corrected chi connectivity index (χ1v) is 16.5. The summed E-state index contributed by atoms with van der Waals surface area (Å²) in [4.78, 5) is 20.7. The number of benzene rings is 3. The molecule has 9 nitrogen and oxygen atoms in total. The van der Waals surface area contributed by atoms with Crippen molar-refractivity contribution in [3.05, 3.63) is 70.2 Å². The molecule has 1 atom stereocenters. The van der Waals surface area contributed by atoms with Gasteiger partial charge in [-0.15, -0.1) is 0 Å². The van der Waals surface area contributed by atoms with Crippen LogP contribution in [0.2, 0.25) is 5.02 Å². The summed E-state index contributed by atoms with van der Waals surface area (Å²) in [5, 5.41) is 33.4. The molecule has 4 aromatic rings. The zero-order chi connectivity index (χ0) is 31.9. The van der Waals surface area contributed by atoms with Gasteiger partial charge in [0.05, 0.1) is 28.3 Å². The van der Waals surface area contributed by atoms with E-state index >= 15 is 0 Å². The number of aliphatic carboxylic acids is 1. The SMILES string of the molecule is Cc1c(-c2nc3cc(CN4CC[C@@H](C(=O)O)C4)cc(C#N)c3o2)cccc1-c1cccc(N2CCC(NC3CC(O)C3)CC2)c1Cl. The maximum absolute atomic E-state index is 11.4. The summed E-state index contributed by atoms with van der Waals surface area (Å²) >= 11 is 7.14. The fourth-order valence-corrected chi connectivity index (χ4v) is 7.64. The molecule has 2 saturated heterocycles. The number of likely N-dealkylation sites (tertiary alicyclic amines) is 1. The highest BCUT2D eigenvalue weighted by Gasteiger charge is 2.31. The second-order valence-corrected chi connectivity index (χ2v) is 13.4. The number of fused-ring (bicyclic) bond motifs is 1. The molecule has 3 fully saturated rings.